The van der Waals surface area contributed by atoms with Gasteiger partial charge in [-0.3, -0.25) is 14.2 Å². The van der Waals surface area contributed by atoms with Crippen LogP contribution in [-0.4, -0.2) is 33.6 Å². The number of fused-ring (bicyclic) bond motifs is 3. The number of hydrogen-bond acceptors (Lipinski definition) is 5. The lowest BCUT2D eigenvalue weighted by molar-refractivity contribution is -0.126. The lowest BCUT2D eigenvalue weighted by Gasteiger charge is -2.26. The summed E-state index contributed by atoms with van der Waals surface area (Å²) < 4.78 is 7.30. The number of aromatic nitrogens is 2. The van der Waals surface area contributed by atoms with Crippen molar-refractivity contribution in [1.82, 2.24) is 9.55 Å². The van der Waals surface area contributed by atoms with E-state index in [1.165, 1.54) is 0 Å². The molecule has 0 saturated heterocycles. The van der Waals surface area contributed by atoms with Gasteiger partial charge >= 0.3 is 5.97 Å². The van der Waals surface area contributed by atoms with Crippen LogP contribution < -0.4 is 10.5 Å². The summed E-state index contributed by atoms with van der Waals surface area (Å²) in [6, 6.07) is 12.6. The van der Waals surface area contributed by atoms with Crippen molar-refractivity contribution in [2.24, 2.45) is 0 Å². The normalized spacial score (nSPS) is 18.4. The largest absolute Gasteiger partial charge is 0.449 e. The average molecular weight is 446 g/mol. The van der Waals surface area contributed by atoms with Crippen LogP contribution in [0.4, 0.5) is 5.69 Å². The Morgan fingerprint density at radius 2 is 1.94 bits per heavy atom. The molecule has 2 aromatic carbocycles. The zero-order valence-corrected chi connectivity index (χ0v) is 18.9. The summed E-state index contributed by atoms with van der Waals surface area (Å²) in [5, 5.41) is 0.490. The molecule has 0 N–H and O–H groups in total. The topological polar surface area (TPSA) is 81.5 Å². The van der Waals surface area contributed by atoms with Gasteiger partial charge < -0.3 is 9.64 Å². The molecule has 0 saturated carbocycles. The molecule has 2 atom stereocenters. The van der Waals surface area contributed by atoms with Gasteiger partial charge in [0.2, 0.25) is 0 Å². The van der Waals surface area contributed by atoms with E-state index in [9.17, 15) is 14.4 Å². The molecule has 0 fully saturated rings. The van der Waals surface area contributed by atoms with Crippen molar-refractivity contribution in [1.29, 1.82) is 0 Å². The van der Waals surface area contributed by atoms with Gasteiger partial charge in [0.05, 0.1) is 16.5 Å². The van der Waals surface area contributed by atoms with Crippen molar-refractivity contribution in [3.05, 3.63) is 69.8 Å². The minimum absolute atomic E-state index is 0.00385. The molecule has 0 spiro atoms. The molecule has 0 bridgehead atoms. The number of rotatable bonds is 3. The van der Waals surface area contributed by atoms with E-state index < -0.39 is 12.1 Å². The van der Waals surface area contributed by atoms with Gasteiger partial charge in [-0.25, -0.2) is 9.78 Å². The standard InChI is InChI=1S/C26H27N3O4/c1-16-14-18-8-5-6-9-22(18)29(16)24(30)17(2)33-26(32)19-11-12-20-21(15-19)27-23-10-4-3-7-13-28(23)25(20)31/h5-6,8-9,11-12,15-17H,3-4,7,10,13-14H2,1-2H3/t16-,17+/m1/s1. The number of benzene rings is 2. The molecule has 2 aliphatic rings. The minimum atomic E-state index is -0.938. The molecule has 7 heteroatoms. The Kier molecular flexibility index (Phi) is 5.48. The second kappa shape index (κ2) is 8.46. The van der Waals surface area contributed by atoms with Crippen LogP contribution in [0, 0.1) is 0 Å². The molecule has 0 unspecified atom stereocenters. The van der Waals surface area contributed by atoms with Crippen LogP contribution in [0.5, 0.6) is 0 Å². The third kappa shape index (κ3) is 3.81. The highest BCUT2D eigenvalue weighted by molar-refractivity contribution is 6.01. The summed E-state index contributed by atoms with van der Waals surface area (Å²) in [6.07, 6.45) is 3.63. The SMILES string of the molecule is C[C@H](OC(=O)c1ccc2c(=O)n3c(nc2c1)CCCCC3)C(=O)N1c2ccccc2C[C@H]1C. The van der Waals surface area contributed by atoms with E-state index in [1.54, 1.807) is 34.6 Å². The maximum Gasteiger partial charge on any atom is 0.338 e. The Balaban J connectivity index is 1.38. The monoisotopic (exact) mass is 445 g/mol. The molecule has 0 radical (unpaired) electrons. The number of esters is 1. The molecule has 33 heavy (non-hydrogen) atoms. The van der Waals surface area contributed by atoms with Crippen LogP contribution in [0.3, 0.4) is 0 Å². The van der Waals surface area contributed by atoms with E-state index >= 15 is 0 Å². The first kappa shape index (κ1) is 21.4. The van der Waals surface area contributed by atoms with Gasteiger partial charge in [-0.05, 0) is 62.9 Å². The van der Waals surface area contributed by atoms with E-state index in [1.807, 2.05) is 31.2 Å². The Hall–Kier alpha value is -3.48. The van der Waals surface area contributed by atoms with E-state index in [0.717, 1.165) is 49.2 Å². The Morgan fingerprint density at radius 1 is 1.12 bits per heavy atom. The smallest absolute Gasteiger partial charge is 0.338 e. The number of ether oxygens (including phenoxy) is 1. The van der Waals surface area contributed by atoms with Crippen molar-refractivity contribution in [2.45, 2.75) is 64.6 Å². The summed E-state index contributed by atoms with van der Waals surface area (Å²) in [7, 11) is 0. The van der Waals surface area contributed by atoms with Gasteiger partial charge in [0.25, 0.3) is 11.5 Å². The van der Waals surface area contributed by atoms with Crippen LogP contribution in [0.2, 0.25) is 0 Å². The highest BCUT2D eigenvalue weighted by atomic mass is 16.5. The first-order valence-electron chi connectivity index (χ1n) is 11.6. The van der Waals surface area contributed by atoms with Crippen molar-refractivity contribution in [3.8, 4) is 0 Å². The summed E-state index contributed by atoms with van der Waals surface area (Å²) in [5.41, 5.74) is 2.69. The molecule has 1 amide bonds. The molecule has 5 rings (SSSR count). The zero-order valence-electron chi connectivity index (χ0n) is 18.9. The van der Waals surface area contributed by atoms with E-state index in [0.29, 0.717) is 17.4 Å². The predicted octanol–water partition coefficient (Wildman–Crippen LogP) is 3.65. The molecular weight excluding hydrogens is 418 g/mol. The Labute approximate surface area is 192 Å². The predicted molar refractivity (Wildman–Crippen MR) is 126 cm³/mol. The molecule has 3 heterocycles. The van der Waals surface area contributed by atoms with Gasteiger partial charge in [-0.1, -0.05) is 24.6 Å². The molecule has 0 aliphatic carbocycles. The van der Waals surface area contributed by atoms with E-state index in [4.69, 9.17) is 4.74 Å². The summed E-state index contributed by atoms with van der Waals surface area (Å²) in [5.74, 6) is -0.0845. The van der Waals surface area contributed by atoms with Crippen LogP contribution in [0.1, 0.15) is 54.9 Å². The van der Waals surface area contributed by atoms with Gasteiger partial charge in [0, 0.05) is 24.7 Å². The molecular formula is C26H27N3O4. The van der Waals surface area contributed by atoms with Gasteiger partial charge in [0.15, 0.2) is 6.10 Å². The highest BCUT2D eigenvalue weighted by Gasteiger charge is 2.34. The molecule has 3 aromatic rings. The van der Waals surface area contributed by atoms with Crippen LogP contribution in [0.15, 0.2) is 47.3 Å². The molecule has 170 valence electrons. The number of aryl methyl sites for hydroxylation is 1. The quantitative estimate of drug-likeness (QED) is 0.575. The van der Waals surface area contributed by atoms with Gasteiger partial charge in [-0.15, -0.1) is 0 Å². The minimum Gasteiger partial charge on any atom is -0.449 e. The molecule has 2 aliphatic heterocycles. The summed E-state index contributed by atoms with van der Waals surface area (Å²) in [4.78, 5) is 45.3. The molecule has 7 nitrogen and oxygen atoms in total. The fraction of sp³-hybridized carbons (Fsp3) is 0.385. The molecule has 1 aromatic heterocycles. The lowest BCUT2D eigenvalue weighted by atomic mass is 10.1. The number of carbonyl (C=O) groups excluding carboxylic acids is 2. The Morgan fingerprint density at radius 3 is 2.79 bits per heavy atom. The van der Waals surface area contributed by atoms with Crippen molar-refractivity contribution in [2.75, 3.05) is 4.90 Å². The van der Waals surface area contributed by atoms with Crippen molar-refractivity contribution < 1.29 is 14.3 Å². The van der Waals surface area contributed by atoms with Crippen molar-refractivity contribution >= 4 is 28.5 Å². The van der Waals surface area contributed by atoms with Crippen LogP contribution in [0.25, 0.3) is 10.9 Å². The lowest BCUT2D eigenvalue weighted by Crippen LogP contribution is -2.43. The maximum atomic E-state index is 13.1. The summed E-state index contributed by atoms with van der Waals surface area (Å²) >= 11 is 0. The number of para-hydroxylation sites is 1. The van der Waals surface area contributed by atoms with Crippen molar-refractivity contribution in [3.63, 3.8) is 0 Å². The fourth-order valence-electron chi connectivity index (χ4n) is 4.92. The highest BCUT2D eigenvalue weighted by Crippen LogP contribution is 2.32. The number of amides is 1. The number of nitrogens with zero attached hydrogens (tertiary/aromatic N) is 3. The zero-order chi connectivity index (χ0) is 23.1. The van der Waals surface area contributed by atoms with Crippen LogP contribution in [-0.2, 0) is 28.9 Å². The number of carbonyl (C=O) groups is 2. The third-order valence-corrected chi connectivity index (χ3v) is 6.63. The van der Waals surface area contributed by atoms with Gasteiger partial charge in [0.1, 0.15) is 5.82 Å². The van der Waals surface area contributed by atoms with Gasteiger partial charge in [-0.2, -0.15) is 0 Å². The number of anilines is 1. The first-order chi connectivity index (χ1) is 15.9. The van der Waals surface area contributed by atoms with E-state index in [-0.39, 0.29) is 23.1 Å². The second-order valence-electron chi connectivity index (χ2n) is 8.97. The maximum absolute atomic E-state index is 13.1. The number of hydrogen-bond donors (Lipinski definition) is 0. The van der Waals surface area contributed by atoms with E-state index in [2.05, 4.69) is 4.98 Å². The average Bonchev–Trinajstić information content (AvgIpc) is 2.97. The van der Waals surface area contributed by atoms with Crippen LogP contribution >= 0.6 is 0 Å². The summed E-state index contributed by atoms with van der Waals surface area (Å²) in [6.45, 7) is 4.26. The second-order valence-corrected chi connectivity index (χ2v) is 8.97. The Bertz CT molecular complexity index is 1310. The fourth-order valence-corrected chi connectivity index (χ4v) is 4.92. The third-order valence-electron chi connectivity index (χ3n) is 6.63. The first-order valence-corrected chi connectivity index (χ1v) is 11.6.